The SMILES string of the molecule is CC(=O)O.CC(=O)O.NCCCCc1nnc(NCCN2CCc3ccccc3C2)o1. The minimum atomic E-state index is -0.833. The number of aliphatic carboxylic acids is 2. The van der Waals surface area contributed by atoms with Gasteiger partial charge < -0.3 is 25.7 Å². The van der Waals surface area contributed by atoms with Gasteiger partial charge in [-0.2, -0.15) is 0 Å². The number of unbranched alkanes of at least 4 members (excludes halogenated alkanes) is 1. The molecule has 1 aromatic heterocycles. The number of carboxylic acid groups (broad SMARTS) is 2. The number of carbonyl (C=O) groups is 2. The van der Waals surface area contributed by atoms with E-state index in [0.29, 0.717) is 18.5 Å². The first-order valence-corrected chi connectivity index (χ1v) is 10.3. The maximum absolute atomic E-state index is 9.00. The van der Waals surface area contributed by atoms with Crippen molar-refractivity contribution < 1.29 is 24.2 Å². The first-order chi connectivity index (χ1) is 14.8. The molecular formula is C21H33N5O5. The molecule has 10 heteroatoms. The van der Waals surface area contributed by atoms with E-state index in [0.717, 1.165) is 65.7 Å². The quantitative estimate of drug-likeness (QED) is 0.452. The lowest BCUT2D eigenvalue weighted by molar-refractivity contribution is -0.135. The van der Waals surface area contributed by atoms with Crippen LogP contribution in [0.5, 0.6) is 0 Å². The molecule has 0 unspecified atom stereocenters. The van der Waals surface area contributed by atoms with Gasteiger partial charge in [0, 0.05) is 46.4 Å². The zero-order valence-electron chi connectivity index (χ0n) is 18.2. The Balaban J connectivity index is 0.000000519. The summed E-state index contributed by atoms with van der Waals surface area (Å²) in [6.45, 7) is 6.78. The van der Waals surface area contributed by atoms with E-state index in [1.54, 1.807) is 0 Å². The number of aromatic nitrogens is 2. The molecule has 5 N–H and O–H groups in total. The smallest absolute Gasteiger partial charge is 0.315 e. The van der Waals surface area contributed by atoms with Crippen LogP contribution in [0.2, 0.25) is 0 Å². The fourth-order valence-electron chi connectivity index (χ4n) is 2.91. The molecule has 0 saturated carbocycles. The number of hydrogen-bond acceptors (Lipinski definition) is 8. The molecule has 2 heterocycles. The van der Waals surface area contributed by atoms with E-state index in [1.807, 2.05) is 0 Å². The van der Waals surface area contributed by atoms with Gasteiger partial charge in [0.05, 0.1) is 0 Å². The Kier molecular flexibility index (Phi) is 12.5. The highest BCUT2D eigenvalue weighted by Gasteiger charge is 2.15. The Morgan fingerprint density at radius 1 is 1.13 bits per heavy atom. The molecule has 0 radical (unpaired) electrons. The lowest BCUT2D eigenvalue weighted by Gasteiger charge is -2.28. The maximum Gasteiger partial charge on any atom is 0.315 e. The largest absolute Gasteiger partial charge is 0.481 e. The third-order valence-electron chi connectivity index (χ3n) is 4.23. The number of benzene rings is 1. The molecule has 1 aliphatic rings. The second-order valence-corrected chi connectivity index (χ2v) is 7.01. The van der Waals surface area contributed by atoms with Crippen molar-refractivity contribution >= 4 is 18.0 Å². The first kappa shape index (κ1) is 26.1. The molecule has 1 aliphatic heterocycles. The molecule has 2 aromatic rings. The summed E-state index contributed by atoms with van der Waals surface area (Å²) in [6.07, 6.45) is 3.91. The predicted octanol–water partition coefficient (Wildman–Crippen LogP) is 2.00. The third-order valence-corrected chi connectivity index (χ3v) is 4.23. The molecule has 0 bridgehead atoms. The molecule has 31 heavy (non-hydrogen) atoms. The van der Waals surface area contributed by atoms with Gasteiger partial charge in [0.25, 0.3) is 11.9 Å². The van der Waals surface area contributed by atoms with E-state index in [2.05, 4.69) is 44.7 Å². The molecule has 1 aromatic carbocycles. The number of nitrogens with two attached hydrogens (primary N) is 1. The first-order valence-electron chi connectivity index (χ1n) is 10.3. The van der Waals surface area contributed by atoms with Gasteiger partial charge >= 0.3 is 6.01 Å². The van der Waals surface area contributed by atoms with Gasteiger partial charge in [-0.25, -0.2) is 0 Å². The fraction of sp³-hybridized carbons (Fsp3) is 0.524. The Labute approximate surface area is 182 Å². The molecule has 0 aliphatic carbocycles. The second kappa shape index (κ2) is 14.9. The molecule has 0 fully saturated rings. The van der Waals surface area contributed by atoms with Crippen LogP contribution < -0.4 is 11.1 Å². The summed E-state index contributed by atoms with van der Waals surface area (Å²) in [5, 5.41) is 26.1. The van der Waals surface area contributed by atoms with Gasteiger partial charge in [-0.15, -0.1) is 5.10 Å². The number of rotatable bonds is 8. The summed E-state index contributed by atoms with van der Waals surface area (Å²) in [5.74, 6) is -0.979. The summed E-state index contributed by atoms with van der Waals surface area (Å²) >= 11 is 0. The van der Waals surface area contributed by atoms with Gasteiger partial charge in [-0.3, -0.25) is 14.5 Å². The van der Waals surface area contributed by atoms with Crippen LogP contribution in [0, 0.1) is 0 Å². The van der Waals surface area contributed by atoms with Gasteiger partial charge in [0.2, 0.25) is 5.89 Å². The van der Waals surface area contributed by atoms with E-state index in [1.165, 1.54) is 11.1 Å². The number of anilines is 1. The number of nitrogens with zero attached hydrogens (tertiary/aromatic N) is 3. The molecule has 172 valence electrons. The monoisotopic (exact) mass is 435 g/mol. The van der Waals surface area contributed by atoms with Crippen LogP contribution in [0.25, 0.3) is 0 Å². The topological polar surface area (TPSA) is 155 Å². The van der Waals surface area contributed by atoms with E-state index in [4.69, 9.17) is 30.0 Å². The lowest BCUT2D eigenvalue weighted by Crippen LogP contribution is -2.34. The highest BCUT2D eigenvalue weighted by atomic mass is 16.4. The maximum atomic E-state index is 9.00. The summed E-state index contributed by atoms with van der Waals surface area (Å²) in [5.41, 5.74) is 8.41. The predicted molar refractivity (Wildman–Crippen MR) is 117 cm³/mol. The van der Waals surface area contributed by atoms with Crippen LogP contribution in [0.3, 0.4) is 0 Å². The zero-order valence-corrected chi connectivity index (χ0v) is 18.2. The van der Waals surface area contributed by atoms with Crippen molar-refractivity contribution in [2.45, 2.75) is 46.1 Å². The average molecular weight is 436 g/mol. The number of fused-ring (bicyclic) bond motifs is 1. The molecule has 0 amide bonds. The van der Waals surface area contributed by atoms with Crippen molar-refractivity contribution in [1.82, 2.24) is 15.1 Å². The molecule has 0 saturated heterocycles. The second-order valence-electron chi connectivity index (χ2n) is 7.01. The van der Waals surface area contributed by atoms with E-state index < -0.39 is 11.9 Å². The van der Waals surface area contributed by atoms with Crippen molar-refractivity contribution in [2.75, 3.05) is 31.5 Å². The Bertz CT molecular complexity index is 776. The van der Waals surface area contributed by atoms with Crippen LogP contribution in [0.15, 0.2) is 28.7 Å². The van der Waals surface area contributed by atoms with Crippen LogP contribution in [0.4, 0.5) is 6.01 Å². The molecular weight excluding hydrogens is 402 g/mol. The van der Waals surface area contributed by atoms with Gasteiger partial charge in [-0.1, -0.05) is 29.4 Å². The fourth-order valence-corrected chi connectivity index (χ4v) is 2.91. The van der Waals surface area contributed by atoms with Crippen LogP contribution in [0.1, 0.15) is 43.7 Å². The molecule has 0 spiro atoms. The van der Waals surface area contributed by atoms with Gasteiger partial charge in [-0.05, 0) is 36.9 Å². The van der Waals surface area contributed by atoms with Crippen LogP contribution in [-0.2, 0) is 29.0 Å². The summed E-state index contributed by atoms with van der Waals surface area (Å²) < 4.78 is 5.58. The van der Waals surface area contributed by atoms with Crippen molar-refractivity contribution in [3.8, 4) is 0 Å². The minimum absolute atomic E-state index is 0.519. The zero-order chi connectivity index (χ0) is 23.1. The van der Waals surface area contributed by atoms with Crippen molar-refractivity contribution in [3.05, 3.63) is 41.3 Å². The van der Waals surface area contributed by atoms with Crippen molar-refractivity contribution in [3.63, 3.8) is 0 Å². The van der Waals surface area contributed by atoms with Crippen LogP contribution in [-0.4, -0.2) is 63.4 Å². The lowest BCUT2D eigenvalue weighted by atomic mass is 10.00. The van der Waals surface area contributed by atoms with Crippen LogP contribution >= 0.6 is 0 Å². The van der Waals surface area contributed by atoms with E-state index in [-0.39, 0.29) is 0 Å². The number of hydrogen-bond donors (Lipinski definition) is 4. The van der Waals surface area contributed by atoms with E-state index >= 15 is 0 Å². The number of aryl methyl sites for hydroxylation is 1. The highest BCUT2D eigenvalue weighted by molar-refractivity contribution is 5.63. The Hall–Kier alpha value is -2.98. The van der Waals surface area contributed by atoms with Crippen molar-refractivity contribution in [1.29, 1.82) is 0 Å². The summed E-state index contributed by atoms with van der Waals surface area (Å²) in [4.78, 5) is 20.5. The van der Waals surface area contributed by atoms with Crippen molar-refractivity contribution in [2.24, 2.45) is 5.73 Å². The Morgan fingerprint density at radius 3 is 2.42 bits per heavy atom. The summed E-state index contributed by atoms with van der Waals surface area (Å²) in [6, 6.07) is 9.21. The minimum Gasteiger partial charge on any atom is -0.481 e. The average Bonchev–Trinajstić information content (AvgIpc) is 3.15. The van der Waals surface area contributed by atoms with Gasteiger partial charge in [0.15, 0.2) is 0 Å². The summed E-state index contributed by atoms with van der Waals surface area (Å²) in [7, 11) is 0. The normalized spacial score (nSPS) is 12.5. The standard InChI is InChI=1S/C17H25N5O.2C2H4O2/c18-9-4-3-7-16-20-21-17(23-16)19-10-12-22-11-8-14-5-1-2-6-15(14)13-22;2*1-2(3)4/h1-2,5-6H,3-4,7-13,18H2,(H,19,21);2*1H3,(H,3,4). The Morgan fingerprint density at radius 2 is 1.77 bits per heavy atom. The molecule has 10 nitrogen and oxygen atoms in total. The van der Waals surface area contributed by atoms with Gasteiger partial charge in [0.1, 0.15) is 0 Å². The molecule has 3 rings (SSSR count). The number of carboxylic acids is 2. The van der Waals surface area contributed by atoms with E-state index in [9.17, 15) is 0 Å². The number of nitrogens with one attached hydrogen (secondary N) is 1. The highest BCUT2D eigenvalue weighted by Crippen LogP contribution is 2.18. The third kappa shape index (κ3) is 12.3. The molecule has 0 atom stereocenters.